The standard InChI is InChI=1S/C15H15BrN2O2S/c1-20-9-6-7-11(16)10(8-9)14(19)18-15-17-12-4-2-3-5-13(12)21-15/h6-8H,2-5H2,1H3,(H,17,18,19). The summed E-state index contributed by atoms with van der Waals surface area (Å²) in [5, 5.41) is 3.57. The van der Waals surface area contributed by atoms with Gasteiger partial charge in [0.15, 0.2) is 5.13 Å². The highest BCUT2D eigenvalue weighted by Gasteiger charge is 2.18. The molecule has 1 aliphatic rings. The van der Waals surface area contributed by atoms with Crippen LogP contribution in [-0.4, -0.2) is 18.0 Å². The van der Waals surface area contributed by atoms with E-state index in [4.69, 9.17) is 4.74 Å². The van der Waals surface area contributed by atoms with E-state index >= 15 is 0 Å². The molecule has 3 rings (SSSR count). The lowest BCUT2D eigenvalue weighted by Crippen LogP contribution is -2.12. The monoisotopic (exact) mass is 366 g/mol. The van der Waals surface area contributed by atoms with E-state index in [0.717, 1.165) is 23.0 Å². The molecule has 1 aliphatic carbocycles. The number of hydrogen-bond donors (Lipinski definition) is 1. The third kappa shape index (κ3) is 3.11. The zero-order chi connectivity index (χ0) is 14.8. The van der Waals surface area contributed by atoms with Gasteiger partial charge in [0.2, 0.25) is 0 Å². The number of carbonyl (C=O) groups excluding carboxylic acids is 1. The molecule has 110 valence electrons. The number of nitrogens with one attached hydrogen (secondary N) is 1. The van der Waals surface area contributed by atoms with Crippen LogP contribution in [0.3, 0.4) is 0 Å². The molecule has 0 bridgehead atoms. The van der Waals surface area contributed by atoms with Crippen LogP contribution >= 0.6 is 27.3 Å². The number of anilines is 1. The summed E-state index contributed by atoms with van der Waals surface area (Å²) in [6.45, 7) is 0. The van der Waals surface area contributed by atoms with Crippen molar-refractivity contribution < 1.29 is 9.53 Å². The van der Waals surface area contributed by atoms with E-state index in [-0.39, 0.29) is 5.91 Å². The molecule has 1 aromatic heterocycles. The summed E-state index contributed by atoms with van der Waals surface area (Å²) < 4.78 is 5.90. The zero-order valence-electron chi connectivity index (χ0n) is 11.6. The summed E-state index contributed by atoms with van der Waals surface area (Å²) in [7, 11) is 1.58. The lowest BCUT2D eigenvalue weighted by Gasteiger charge is -2.06. The van der Waals surface area contributed by atoms with Crippen LogP contribution in [0.5, 0.6) is 5.75 Å². The van der Waals surface area contributed by atoms with Crippen molar-refractivity contribution in [3.8, 4) is 5.75 Å². The van der Waals surface area contributed by atoms with Crippen molar-refractivity contribution in [1.29, 1.82) is 0 Å². The normalized spacial score (nSPS) is 13.6. The maximum Gasteiger partial charge on any atom is 0.258 e. The number of hydrogen-bond acceptors (Lipinski definition) is 4. The molecule has 1 heterocycles. The minimum Gasteiger partial charge on any atom is -0.497 e. The third-order valence-corrected chi connectivity index (χ3v) is 5.25. The predicted octanol–water partition coefficient (Wildman–Crippen LogP) is 4.05. The van der Waals surface area contributed by atoms with Gasteiger partial charge in [0.05, 0.1) is 18.4 Å². The van der Waals surface area contributed by atoms with Gasteiger partial charge in [-0.1, -0.05) is 0 Å². The van der Waals surface area contributed by atoms with E-state index in [1.165, 1.54) is 17.7 Å². The maximum absolute atomic E-state index is 12.4. The molecule has 1 N–H and O–H groups in total. The molecule has 0 spiro atoms. The average Bonchev–Trinajstić information content (AvgIpc) is 2.89. The second kappa shape index (κ2) is 6.15. The molecule has 0 fully saturated rings. The van der Waals surface area contributed by atoms with E-state index in [1.54, 1.807) is 30.6 Å². The van der Waals surface area contributed by atoms with Gasteiger partial charge in [0.25, 0.3) is 5.91 Å². The van der Waals surface area contributed by atoms with Gasteiger partial charge in [-0.05, 0) is 59.8 Å². The summed E-state index contributed by atoms with van der Waals surface area (Å²) in [5.74, 6) is 0.480. The second-order valence-corrected chi connectivity index (χ2v) is 6.83. The summed E-state index contributed by atoms with van der Waals surface area (Å²) in [6.07, 6.45) is 4.49. The average molecular weight is 367 g/mol. The Morgan fingerprint density at radius 3 is 2.95 bits per heavy atom. The van der Waals surface area contributed by atoms with Gasteiger partial charge >= 0.3 is 0 Å². The minimum absolute atomic E-state index is 0.174. The van der Waals surface area contributed by atoms with Crippen molar-refractivity contribution in [1.82, 2.24) is 4.98 Å². The molecule has 0 atom stereocenters. The number of rotatable bonds is 3. The Bertz CT molecular complexity index is 661. The summed E-state index contributed by atoms with van der Waals surface area (Å²) in [5.41, 5.74) is 1.69. The molecular formula is C15H15BrN2O2S. The van der Waals surface area contributed by atoms with Crippen LogP contribution < -0.4 is 10.1 Å². The molecular weight excluding hydrogens is 352 g/mol. The van der Waals surface area contributed by atoms with Gasteiger partial charge in [0, 0.05) is 9.35 Å². The topological polar surface area (TPSA) is 51.2 Å². The van der Waals surface area contributed by atoms with E-state index in [1.807, 2.05) is 6.07 Å². The summed E-state index contributed by atoms with van der Waals surface area (Å²) in [6, 6.07) is 5.33. The molecule has 0 radical (unpaired) electrons. The lowest BCUT2D eigenvalue weighted by atomic mass is 10.0. The van der Waals surface area contributed by atoms with Gasteiger partial charge in [-0.25, -0.2) is 4.98 Å². The van der Waals surface area contributed by atoms with E-state index < -0.39 is 0 Å². The van der Waals surface area contributed by atoms with Crippen molar-refractivity contribution >= 4 is 38.3 Å². The van der Waals surface area contributed by atoms with Crippen LogP contribution in [0.15, 0.2) is 22.7 Å². The second-order valence-electron chi connectivity index (χ2n) is 4.90. The molecule has 0 saturated heterocycles. The third-order valence-electron chi connectivity index (χ3n) is 3.48. The Labute approximate surface area is 135 Å². The molecule has 21 heavy (non-hydrogen) atoms. The van der Waals surface area contributed by atoms with E-state index in [9.17, 15) is 4.79 Å². The predicted molar refractivity (Wildman–Crippen MR) is 87.4 cm³/mol. The van der Waals surface area contributed by atoms with Gasteiger partial charge in [-0.2, -0.15) is 0 Å². The zero-order valence-corrected chi connectivity index (χ0v) is 14.0. The molecule has 6 heteroatoms. The van der Waals surface area contributed by atoms with Crippen molar-refractivity contribution in [3.05, 3.63) is 38.8 Å². The van der Waals surface area contributed by atoms with Crippen LogP contribution in [0.25, 0.3) is 0 Å². The minimum atomic E-state index is -0.174. The SMILES string of the molecule is COc1ccc(Br)c(C(=O)Nc2nc3c(s2)CCCC3)c1. The molecule has 0 aliphatic heterocycles. The van der Waals surface area contributed by atoms with Crippen LogP contribution in [-0.2, 0) is 12.8 Å². The van der Waals surface area contributed by atoms with Crippen LogP contribution in [0.1, 0.15) is 33.8 Å². The number of carbonyl (C=O) groups is 1. The summed E-state index contributed by atoms with van der Waals surface area (Å²) >= 11 is 4.98. The fourth-order valence-corrected chi connectivity index (χ4v) is 3.85. The first kappa shape index (κ1) is 14.5. The van der Waals surface area contributed by atoms with Crippen molar-refractivity contribution in [2.75, 3.05) is 12.4 Å². The Kier molecular flexibility index (Phi) is 4.26. The largest absolute Gasteiger partial charge is 0.497 e. The number of halogens is 1. The smallest absolute Gasteiger partial charge is 0.258 e. The van der Waals surface area contributed by atoms with Gasteiger partial charge < -0.3 is 4.74 Å². The lowest BCUT2D eigenvalue weighted by molar-refractivity contribution is 0.102. The number of ether oxygens (including phenoxy) is 1. The number of fused-ring (bicyclic) bond motifs is 1. The Balaban J connectivity index is 1.81. The summed E-state index contributed by atoms with van der Waals surface area (Å²) in [4.78, 5) is 18.2. The quantitative estimate of drug-likeness (QED) is 0.891. The fraction of sp³-hybridized carbons (Fsp3) is 0.333. The highest BCUT2D eigenvalue weighted by Crippen LogP contribution is 2.30. The van der Waals surface area contributed by atoms with E-state index in [2.05, 4.69) is 26.2 Å². The number of benzene rings is 1. The molecule has 0 saturated carbocycles. The van der Waals surface area contributed by atoms with E-state index in [0.29, 0.717) is 16.4 Å². The van der Waals surface area contributed by atoms with Gasteiger partial charge in [0.1, 0.15) is 5.75 Å². The number of thiazole rings is 1. The highest BCUT2D eigenvalue weighted by atomic mass is 79.9. The molecule has 2 aromatic rings. The molecule has 1 aromatic carbocycles. The van der Waals surface area contributed by atoms with Gasteiger partial charge in [-0.3, -0.25) is 10.1 Å². The number of amides is 1. The Morgan fingerprint density at radius 1 is 1.38 bits per heavy atom. The van der Waals surface area contributed by atoms with Crippen molar-refractivity contribution in [2.24, 2.45) is 0 Å². The Hall–Kier alpha value is -1.40. The number of aromatic nitrogens is 1. The van der Waals surface area contributed by atoms with Gasteiger partial charge in [-0.15, -0.1) is 11.3 Å². The first-order chi connectivity index (χ1) is 10.2. The van der Waals surface area contributed by atoms with Crippen LogP contribution in [0.2, 0.25) is 0 Å². The maximum atomic E-state index is 12.4. The molecule has 1 amide bonds. The van der Waals surface area contributed by atoms with Crippen molar-refractivity contribution in [3.63, 3.8) is 0 Å². The Morgan fingerprint density at radius 2 is 2.19 bits per heavy atom. The molecule has 4 nitrogen and oxygen atoms in total. The number of aryl methyl sites for hydroxylation is 2. The first-order valence-corrected chi connectivity index (χ1v) is 8.42. The first-order valence-electron chi connectivity index (χ1n) is 6.81. The fourth-order valence-electron chi connectivity index (χ4n) is 2.38. The van der Waals surface area contributed by atoms with Crippen LogP contribution in [0, 0.1) is 0 Å². The van der Waals surface area contributed by atoms with Crippen molar-refractivity contribution in [2.45, 2.75) is 25.7 Å². The highest BCUT2D eigenvalue weighted by molar-refractivity contribution is 9.10. The number of nitrogens with zero attached hydrogens (tertiary/aromatic N) is 1. The number of methoxy groups -OCH3 is 1. The van der Waals surface area contributed by atoms with Crippen LogP contribution in [0.4, 0.5) is 5.13 Å². The molecule has 0 unspecified atom stereocenters.